The van der Waals surface area contributed by atoms with Crippen molar-refractivity contribution in [1.29, 1.82) is 0 Å². The monoisotopic (exact) mass is 363 g/mol. The molecular formula is C16H14ClN3O5. The SMILES string of the molecule is O=C(Cc1cc(Cl)c2c(c1)OCCO2)NNc1ccccc1[N+](=O)[O-]. The Kier molecular flexibility index (Phi) is 4.90. The number of amides is 1. The van der Waals surface area contributed by atoms with Crippen LogP contribution in [0.5, 0.6) is 11.5 Å². The van der Waals surface area contributed by atoms with E-state index < -0.39 is 4.92 Å². The van der Waals surface area contributed by atoms with Crippen molar-refractivity contribution in [1.82, 2.24) is 5.43 Å². The second-order valence-electron chi connectivity index (χ2n) is 5.23. The number of rotatable bonds is 5. The summed E-state index contributed by atoms with van der Waals surface area (Å²) in [5.41, 5.74) is 5.69. The summed E-state index contributed by atoms with van der Waals surface area (Å²) in [6, 6.07) is 9.32. The zero-order chi connectivity index (χ0) is 17.8. The Morgan fingerprint density at radius 3 is 2.80 bits per heavy atom. The number of hydrazine groups is 1. The van der Waals surface area contributed by atoms with Crippen molar-refractivity contribution < 1.29 is 19.2 Å². The number of para-hydroxylation sites is 2. The van der Waals surface area contributed by atoms with E-state index in [9.17, 15) is 14.9 Å². The number of hydrogen-bond acceptors (Lipinski definition) is 6. The third kappa shape index (κ3) is 3.92. The summed E-state index contributed by atoms with van der Waals surface area (Å²) in [5.74, 6) is 0.578. The fourth-order valence-electron chi connectivity index (χ4n) is 2.37. The molecule has 1 amide bonds. The van der Waals surface area contributed by atoms with Gasteiger partial charge in [-0.05, 0) is 23.8 Å². The van der Waals surface area contributed by atoms with Gasteiger partial charge in [-0.25, -0.2) is 0 Å². The topological polar surface area (TPSA) is 103 Å². The van der Waals surface area contributed by atoms with E-state index in [2.05, 4.69) is 10.9 Å². The molecule has 0 bridgehead atoms. The van der Waals surface area contributed by atoms with Gasteiger partial charge in [0.05, 0.1) is 16.4 Å². The number of nitro groups is 1. The standard InChI is InChI=1S/C16H14ClN3O5/c17-11-7-10(8-14-16(11)25-6-5-24-14)9-15(21)19-18-12-3-1-2-4-13(12)20(22)23/h1-4,7-8,18H,5-6,9H2,(H,19,21). The van der Waals surface area contributed by atoms with Crippen LogP contribution in [-0.4, -0.2) is 24.0 Å². The lowest BCUT2D eigenvalue weighted by Gasteiger charge is -2.20. The summed E-state index contributed by atoms with van der Waals surface area (Å²) in [4.78, 5) is 22.5. The maximum Gasteiger partial charge on any atom is 0.294 e. The number of hydrogen-bond donors (Lipinski definition) is 2. The minimum atomic E-state index is -0.533. The largest absolute Gasteiger partial charge is 0.486 e. The highest BCUT2D eigenvalue weighted by molar-refractivity contribution is 6.32. The Bertz CT molecular complexity index is 827. The van der Waals surface area contributed by atoms with Crippen molar-refractivity contribution in [2.24, 2.45) is 0 Å². The lowest BCUT2D eigenvalue weighted by atomic mass is 10.1. The normalized spacial score (nSPS) is 12.4. The molecule has 0 fully saturated rings. The van der Waals surface area contributed by atoms with Gasteiger partial charge >= 0.3 is 0 Å². The molecule has 2 aromatic carbocycles. The Morgan fingerprint density at radius 1 is 1.24 bits per heavy atom. The van der Waals surface area contributed by atoms with Crippen molar-refractivity contribution in [3.63, 3.8) is 0 Å². The predicted octanol–water partition coefficient (Wildman–Crippen LogP) is 2.71. The van der Waals surface area contributed by atoms with Crippen LogP contribution in [-0.2, 0) is 11.2 Å². The lowest BCUT2D eigenvalue weighted by molar-refractivity contribution is -0.384. The third-order valence-corrected chi connectivity index (χ3v) is 3.74. The van der Waals surface area contributed by atoms with Crippen LogP contribution in [0.4, 0.5) is 11.4 Å². The zero-order valence-electron chi connectivity index (χ0n) is 13.0. The number of anilines is 1. The fraction of sp³-hybridized carbons (Fsp3) is 0.188. The molecule has 0 atom stereocenters. The van der Waals surface area contributed by atoms with Gasteiger partial charge in [0.1, 0.15) is 18.9 Å². The van der Waals surface area contributed by atoms with E-state index in [0.717, 1.165) is 0 Å². The van der Waals surface area contributed by atoms with Gasteiger partial charge in [-0.2, -0.15) is 0 Å². The first-order valence-corrected chi connectivity index (χ1v) is 7.78. The number of fused-ring (bicyclic) bond motifs is 1. The van der Waals surface area contributed by atoms with Gasteiger partial charge in [-0.1, -0.05) is 23.7 Å². The van der Waals surface area contributed by atoms with E-state index in [0.29, 0.717) is 35.3 Å². The number of carbonyl (C=O) groups excluding carboxylic acids is 1. The van der Waals surface area contributed by atoms with Crippen molar-refractivity contribution in [2.45, 2.75) is 6.42 Å². The van der Waals surface area contributed by atoms with E-state index in [1.54, 1.807) is 24.3 Å². The maximum absolute atomic E-state index is 12.1. The molecule has 1 heterocycles. The third-order valence-electron chi connectivity index (χ3n) is 3.46. The summed E-state index contributed by atoms with van der Waals surface area (Å²) in [7, 11) is 0. The van der Waals surface area contributed by atoms with Crippen molar-refractivity contribution in [2.75, 3.05) is 18.6 Å². The molecule has 3 rings (SSSR count). The molecule has 0 aromatic heterocycles. The van der Waals surface area contributed by atoms with E-state index in [-0.39, 0.29) is 23.7 Å². The molecule has 0 saturated heterocycles. The first-order valence-electron chi connectivity index (χ1n) is 7.41. The van der Waals surface area contributed by atoms with Gasteiger partial charge in [-0.3, -0.25) is 25.8 Å². The van der Waals surface area contributed by atoms with E-state index >= 15 is 0 Å². The van der Waals surface area contributed by atoms with Gasteiger partial charge < -0.3 is 9.47 Å². The molecule has 8 nitrogen and oxygen atoms in total. The van der Waals surface area contributed by atoms with Crippen LogP contribution in [0.15, 0.2) is 36.4 Å². The van der Waals surface area contributed by atoms with E-state index in [4.69, 9.17) is 21.1 Å². The molecule has 0 unspecified atom stereocenters. The number of ether oxygens (including phenoxy) is 2. The molecule has 0 saturated carbocycles. The number of halogens is 1. The second-order valence-corrected chi connectivity index (χ2v) is 5.63. The molecule has 9 heteroatoms. The average molecular weight is 364 g/mol. The summed E-state index contributed by atoms with van der Waals surface area (Å²) < 4.78 is 10.9. The molecule has 2 N–H and O–H groups in total. The van der Waals surface area contributed by atoms with Crippen LogP contribution in [0, 0.1) is 10.1 Å². The van der Waals surface area contributed by atoms with E-state index in [1.165, 1.54) is 12.1 Å². The zero-order valence-corrected chi connectivity index (χ0v) is 13.7. The molecule has 0 spiro atoms. The number of nitrogens with zero attached hydrogens (tertiary/aromatic N) is 1. The molecule has 1 aliphatic heterocycles. The van der Waals surface area contributed by atoms with Crippen molar-refractivity contribution in [3.05, 3.63) is 57.1 Å². The predicted molar refractivity (Wildman–Crippen MR) is 91.0 cm³/mol. The van der Waals surface area contributed by atoms with Gasteiger partial charge in [0.25, 0.3) is 5.69 Å². The Labute approximate surface area is 147 Å². The lowest BCUT2D eigenvalue weighted by Crippen LogP contribution is -2.31. The Morgan fingerprint density at radius 2 is 2.00 bits per heavy atom. The molecule has 1 aliphatic rings. The van der Waals surface area contributed by atoms with Crippen LogP contribution >= 0.6 is 11.6 Å². The van der Waals surface area contributed by atoms with Gasteiger partial charge in [0.15, 0.2) is 11.5 Å². The first-order chi connectivity index (χ1) is 12.0. The van der Waals surface area contributed by atoms with Crippen LogP contribution in [0.1, 0.15) is 5.56 Å². The molecule has 25 heavy (non-hydrogen) atoms. The maximum atomic E-state index is 12.1. The second kappa shape index (κ2) is 7.27. The van der Waals surface area contributed by atoms with Crippen molar-refractivity contribution >= 4 is 28.9 Å². The van der Waals surface area contributed by atoms with Crippen LogP contribution < -0.4 is 20.3 Å². The number of nitrogens with one attached hydrogen (secondary N) is 2. The molecule has 0 aliphatic carbocycles. The molecular weight excluding hydrogens is 350 g/mol. The highest BCUT2D eigenvalue weighted by Crippen LogP contribution is 2.38. The van der Waals surface area contributed by atoms with E-state index in [1.807, 2.05) is 0 Å². The highest BCUT2D eigenvalue weighted by atomic mass is 35.5. The molecule has 0 radical (unpaired) electrons. The minimum absolute atomic E-state index is 0.0178. The van der Waals surface area contributed by atoms with Crippen LogP contribution in [0.2, 0.25) is 5.02 Å². The fourth-order valence-corrected chi connectivity index (χ4v) is 2.66. The van der Waals surface area contributed by atoms with Crippen LogP contribution in [0.3, 0.4) is 0 Å². The van der Waals surface area contributed by atoms with Gasteiger partial charge in [0.2, 0.25) is 5.91 Å². The minimum Gasteiger partial charge on any atom is -0.486 e. The highest BCUT2D eigenvalue weighted by Gasteiger charge is 2.18. The number of carbonyl (C=O) groups is 1. The Hall–Kier alpha value is -3.00. The molecule has 2 aromatic rings. The quantitative estimate of drug-likeness (QED) is 0.625. The molecule has 130 valence electrons. The smallest absolute Gasteiger partial charge is 0.294 e. The number of nitro benzene ring substituents is 1. The van der Waals surface area contributed by atoms with Gasteiger partial charge in [0, 0.05) is 6.07 Å². The summed E-state index contributed by atoms with van der Waals surface area (Å²) in [6.45, 7) is 0.838. The van der Waals surface area contributed by atoms with Crippen molar-refractivity contribution in [3.8, 4) is 11.5 Å². The first kappa shape index (κ1) is 16.8. The van der Waals surface area contributed by atoms with Gasteiger partial charge in [-0.15, -0.1) is 0 Å². The summed E-state index contributed by atoms with van der Waals surface area (Å²) in [5, 5.41) is 11.3. The van der Waals surface area contributed by atoms with Crippen LogP contribution in [0.25, 0.3) is 0 Å². The average Bonchev–Trinajstić information content (AvgIpc) is 2.60. The Balaban J connectivity index is 1.66. The summed E-state index contributed by atoms with van der Waals surface area (Å²) in [6.07, 6.45) is 0.0178. The number of benzene rings is 2. The summed E-state index contributed by atoms with van der Waals surface area (Å²) >= 11 is 6.13.